The summed E-state index contributed by atoms with van der Waals surface area (Å²) in [5.74, 6) is 0.477. The molecule has 0 aliphatic carbocycles. The van der Waals surface area contributed by atoms with Gasteiger partial charge in [-0.05, 0) is 17.7 Å². The molecule has 0 atom stereocenters. The molecule has 0 spiro atoms. The number of carbonyl (C=O) groups excluding carboxylic acids is 1. The first-order chi connectivity index (χ1) is 10.1. The van der Waals surface area contributed by atoms with E-state index < -0.39 is 4.92 Å². The summed E-state index contributed by atoms with van der Waals surface area (Å²) in [6, 6.07) is 6.72. The van der Waals surface area contributed by atoms with Crippen molar-refractivity contribution in [2.75, 3.05) is 32.9 Å². The van der Waals surface area contributed by atoms with Crippen LogP contribution in [0.15, 0.2) is 30.5 Å². The van der Waals surface area contributed by atoms with Gasteiger partial charge in [-0.15, -0.1) is 0 Å². The highest BCUT2D eigenvalue weighted by Crippen LogP contribution is 2.13. The first-order valence-electron chi connectivity index (χ1n) is 6.55. The molecule has 7 heteroatoms. The minimum atomic E-state index is -0.522. The molecule has 0 N–H and O–H groups in total. The number of morpholine rings is 1. The Kier molecular flexibility index (Phi) is 5.28. The predicted octanol–water partition coefficient (Wildman–Crippen LogP) is 1.17. The quantitative estimate of drug-likeness (QED) is 0.601. The summed E-state index contributed by atoms with van der Waals surface area (Å²) in [5.41, 5.74) is 0.693. The van der Waals surface area contributed by atoms with Crippen LogP contribution in [0, 0.1) is 10.1 Å². The molecule has 0 saturated carbocycles. The van der Waals surface area contributed by atoms with Crippen LogP contribution in [0.5, 0.6) is 5.75 Å². The van der Waals surface area contributed by atoms with Gasteiger partial charge in [-0.2, -0.15) is 0 Å². The Morgan fingerprint density at radius 2 is 2.00 bits per heavy atom. The van der Waals surface area contributed by atoms with Gasteiger partial charge in [-0.3, -0.25) is 14.9 Å². The van der Waals surface area contributed by atoms with Crippen molar-refractivity contribution >= 4 is 12.0 Å². The van der Waals surface area contributed by atoms with E-state index in [2.05, 4.69) is 0 Å². The molecule has 1 aliphatic heterocycles. The number of amides is 1. The molecule has 21 heavy (non-hydrogen) atoms. The fourth-order valence-electron chi connectivity index (χ4n) is 1.87. The van der Waals surface area contributed by atoms with Crippen LogP contribution >= 0.6 is 0 Å². The third-order valence-electron chi connectivity index (χ3n) is 2.99. The van der Waals surface area contributed by atoms with Crippen molar-refractivity contribution in [2.24, 2.45) is 0 Å². The van der Waals surface area contributed by atoms with Crippen LogP contribution in [0.25, 0.3) is 6.08 Å². The van der Waals surface area contributed by atoms with Crippen molar-refractivity contribution in [3.05, 3.63) is 46.1 Å². The van der Waals surface area contributed by atoms with E-state index in [0.717, 1.165) is 6.20 Å². The molecule has 1 saturated heterocycles. The van der Waals surface area contributed by atoms with Gasteiger partial charge in [0, 0.05) is 19.2 Å². The maximum absolute atomic E-state index is 11.9. The third-order valence-corrected chi connectivity index (χ3v) is 2.99. The number of benzene rings is 1. The molecule has 0 unspecified atom stereocenters. The average molecular weight is 292 g/mol. The molecular weight excluding hydrogens is 276 g/mol. The molecule has 2 rings (SSSR count). The highest BCUT2D eigenvalue weighted by Gasteiger charge is 2.16. The van der Waals surface area contributed by atoms with E-state index in [1.807, 2.05) is 0 Å². The van der Waals surface area contributed by atoms with Gasteiger partial charge in [-0.1, -0.05) is 12.1 Å². The highest BCUT2D eigenvalue weighted by molar-refractivity contribution is 5.77. The van der Waals surface area contributed by atoms with Gasteiger partial charge in [0.15, 0.2) is 6.61 Å². The maximum Gasteiger partial charge on any atom is 0.260 e. The second-order valence-electron chi connectivity index (χ2n) is 4.45. The molecular formula is C14H16N2O5. The van der Waals surface area contributed by atoms with Gasteiger partial charge in [0.2, 0.25) is 6.20 Å². The van der Waals surface area contributed by atoms with Crippen LogP contribution in [0.4, 0.5) is 0 Å². The van der Waals surface area contributed by atoms with Crippen LogP contribution < -0.4 is 4.74 Å². The number of ether oxygens (including phenoxy) is 2. The van der Waals surface area contributed by atoms with Crippen molar-refractivity contribution in [2.45, 2.75) is 0 Å². The second kappa shape index (κ2) is 7.39. The largest absolute Gasteiger partial charge is 0.484 e. The number of rotatable bonds is 5. The van der Waals surface area contributed by atoms with Crippen molar-refractivity contribution in [1.29, 1.82) is 0 Å². The smallest absolute Gasteiger partial charge is 0.260 e. The summed E-state index contributed by atoms with van der Waals surface area (Å²) in [6.45, 7) is 2.27. The molecule has 0 bridgehead atoms. The second-order valence-corrected chi connectivity index (χ2v) is 4.45. The van der Waals surface area contributed by atoms with E-state index in [1.54, 1.807) is 29.2 Å². The molecule has 0 radical (unpaired) electrons. The topological polar surface area (TPSA) is 81.9 Å². The van der Waals surface area contributed by atoms with E-state index >= 15 is 0 Å². The number of hydrogen-bond donors (Lipinski definition) is 0. The van der Waals surface area contributed by atoms with Gasteiger partial charge in [0.1, 0.15) is 5.75 Å². The molecule has 1 amide bonds. The zero-order valence-corrected chi connectivity index (χ0v) is 11.4. The van der Waals surface area contributed by atoms with E-state index in [9.17, 15) is 14.9 Å². The van der Waals surface area contributed by atoms with E-state index in [0.29, 0.717) is 37.6 Å². The number of nitro groups is 1. The molecule has 112 valence electrons. The molecule has 1 heterocycles. The summed E-state index contributed by atoms with van der Waals surface area (Å²) in [4.78, 5) is 23.3. The third kappa shape index (κ3) is 4.88. The number of nitrogens with zero attached hydrogens (tertiary/aromatic N) is 2. The van der Waals surface area contributed by atoms with Crippen LogP contribution in [-0.4, -0.2) is 48.6 Å². The summed E-state index contributed by atoms with van der Waals surface area (Å²) < 4.78 is 10.6. The molecule has 7 nitrogen and oxygen atoms in total. The zero-order chi connectivity index (χ0) is 15.1. The van der Waals surface area contributed by atoms with Gasteiger partial charge in [0.05, 0.1) is 18.1 Å². The molecule has 1 aromatic rings. The van der Waals surface area contributed by atoms with E-state index in [1.165, 1.54) is 6.08 Å². The maximum atomic E-state index is 11.9. The first-order valence-corrected chi connectivity index (χ1v) is 6.55. The average Bonchev–Trinajstić information content (AvgIpc) is 2.52. The summed E-state index contributed by atoms with van der Waals surface area (Å²) >= 11 is 0. The van der Waals surface area contributed by atoms with Gasteiger partial charge in [0.25, 0.3) is 5.91 Å². The predicted molar refractivity (Wildman–Crippen MR) is 75.4 cm³/mol. The lowest BCUT2D eigenvalue weighted by Gasteiger charge is -2.26. The number of hydrogen-bond acceptors (Lipinski definition) is 5. The SMILES string of the molecule is O=C(COc1ccc(C=C[N+](=O)[O-])cc1)N1CCOCC1. The normalized spacial score (nSPS) is 15.1. The summed E-state index contributed by atoms with van der Waals surface area (Å²) in [7, 11) is 0. The highest BCUT2D eigenvalue weighted by atomic mass is 16.6. The van der Waals surface area contributed by atoms with Gasteiger partial charge >= 0.3 is 0 Å². The Balaban J connectivity index is 1.83. The van der Waals surface area contributed by atoms with Crippen LogP contribution in [0.3, 0.4) is 0 Å². The van der Waals surface area contributed by atoms with Crippen LogP contribution in [-0.2, 0) is 9.53 Å². The lowest BCUT2D eigenvalue weighted by atomic mass is 10.2. The minimum absolute atomic E-state index is 0.0237. The summed E-state index contributed by atoms with van der Waals surface area (Å²) in [6.07, 6.45) is 2.26. The lowest BCUT2D eigenvalue weighted by molar-refractivity contribution is -0.400. The van der Waals surface area contributed by atoms with Crippen LogP contribution in [0.1, 0.15) is 5.56 Å². The Morgan fingerprint density at radius 1 is 1.33 bits per heavy atom. The first kappa shape index (κ1) is 15.0. The van der Waals surface area contributed by atoms with Crippen molar-refractivity contribution < 1.29 is 19.2 Å². The molecule has 1 fully saturated rings. The molecule has 1 aromatic carbocycles. The zero-order valence-electron chi connectivity index (χ0n) is 11.4. The van der Waals surface area contributed by atoms with Crippen LogP contribution in [0.2, 0.25) is 0 Å². The summed E-state index contributed by atoms with van der Waals surface area (Å²) in [5, 5.41) is 10.2. The van der Waals surface area contributed by atoms with Crippen molar-refractivity contribution in [1.82, 2.24) is 4.90 Å². The molecule has 0 aromatic heterocycles. The molecule has 1 aliphatic rings. The van der Waals surface area contributed by atoms with E-state index in [4.69, 9.17) is 9.47 Å². The Hall–Kier alpha value is -2.41. The Bertz CT molecular complexity index is 521. The monoisotopic (exact) mass is 292 g/mol. The Morgan fingerprint density at radius 3 is 2.62 bits per heavy atom. The fourth-order valence-corrected chi connectivity index (χ4v) is 1.87. The number of carbonyl (C=O) groups is 1. The lowest BCUT2D eigenvalue weighted by Crippen LogP contribution is -2.42. The minimum Gasteiger partial charge on any atom is -0.484 e. The van der Waals surface area contributed by atoms with E-state index in [-0.39, 0.29) is 12.5 Å². The fraction of sp³-hybridized carbons (Fsp3) is 0.357. The van der Waals surface area contributed by atoms with Crippen molar-refractivity contribution in [3.63, 3.8) is 0 Å². The van der Waals surface area contributed by atoms with Crippen molar-refractivity contribution in [3.8, 4) is 5.75 Å². The standard InChI is InChI=1S/C14H16N2O5/c17-14(15-7-9-20-10-8-15)11-21-13-3-1-12(2-4-13)5-6-16(18)19/h1-6H,7-11H2. The Labute approximate surface area is 121 Å². The van der Waals surface area contributed by atoms with Gasteiger partial charge in [-0.25, -0.2) is 0 Å². The van der Waals surface area contributed by atoms with Gasteiger partial charge < -0.3 is 14.4 Å².